The Morgan fingerprint density at radius 1 is 1.10 bits per heavy atom. The minimum absolute atomic E-state index is 0.130. The number of rotatable bonds is 4. The molecule has 158 valence electrons. The highest BCUT2D eigenvalue weighted by Crippen LogP contribution is 2.38. The van der Waals surface area contributed by atoms with Crippen LogP contribution in [0.4, 0.5) is 0 Å². The van der Waals surface area contributed by atoms with Gasteiger partial charge in [-0.1, -0.05) is 50.1 Å². The quantitative estimate of drug-likeness (QED) is 0.495. The van der Waals surface area contributed by atoms with Gasteiger partial charge < -0.3 is 4.98 Å². The van der Waals surface area contributed by atoms with Crippen molar-refractivity contribution < 1.29 is 0 Å². The Labute approximate surface area is 181 Å². The van der Waals surface area contributed by atoms with Gasteiger partial charge in [0.1, 0.15) is 5.82 Å². The van der Waals surface area contributed by atoms with Crippen LogP contribution in [-0.4, -0.2) is 24.6 Å². The van der Waals surface area contributed by atoms with Gasteiger partial charge in [0.05, 0.1) is 6.20 Å². The Kier molecular flexibility index (Phi) is 5.37. The van der Waals surface area contributed by atoms with Crippen LogP contribution in [0.2, 0.25) is 0 Å². The lowest BCUT2D eigenvalue weighted by Gasteiger charge is -2.22. The molecule has 0 spiro atoms. The van der Waals surface area contributed by atoms with Crippen molar-refractivity contribution in [3.05, 3.63) is 82.8 Å². The van der Waals surface area contributed by atoms with E-state index >= 15 is 0 Å². The van der Waals surface area contributed by atoms with Gasteiger partial charge in [-0.25, -0.2) is 9.50 Å². The van der Waals surface area contributed by atoms with Gasteiger partial charge in [-0.3, -0.25) is 9.78 Å². The third-order valence-corrected chi connectivity index (χ3v) is 6.60. The molecular formula is C25H27N5O. The number of aromatic nitrogens is 5. The van der Waals surface area contributed by atoms with Crippen molar-refractivity contribution >= 4 is 5.52 Å². The maximum Gasteiger partial charge on any atom is 0.276 e. The van der Waals surface area contributed by atoms with Gasteiger partial charge in [0.2, 0.25) is 0 Å². The van der Waals surface area contributed by atoms with Crippen LogP contribution in [0.1, 0.15) is 49.9 Å². The summed E-state index contributed by atoms with van der Waals surface area (Å²) in [4.78, 5) is 24.4. The number of hydrogen-bond acceptors (Lipinski definition) is 4. The molecule has 0 amide bonds. The van der Waals surface area contributed by atoms with Crippen LogP contribution >= 0.6 is 0 Å². The Morgan fingerprint density at radius 2 is 1.90 bits per heavy atom. The number of imidazole rings is 1. The third kappa shape index (κ3) is 4.02. The first-order valence-electron chi connectivity index (χ1n) is 11.1. The van der Waals surface area contributed by atoms with Crippen LogP contribution in [0.5, 0.6) is 0 Å². The molecule has 0 aliphatic heterocycles. The normalized spacial score (nSPS) is 21.8. The summed E-state index contributed by atoms with van der Waals surface area (Å²) in [7, 11) is 0. The molecule has 5 rings (SSSR count). The smallest absolute Gasteiger partial charge is 0.276 e. The van der Waals surface area contributed by atoms with E-state index in [4.69, 9.17) is 5.10 Å². The molecule has 1 aliphatic rings. The van der Waals surface area contributed by atoms with E-state index in [0.717, 1.165) is 37.1 Å². The molecule has 6 heteroatoms. The van der Waals surface area contributed by atoms with E-state index in [1.165, 1.54) is 12.0 Å². The zero-order valence-electron chi connectivity index (χ0n) is 17.7. The summed E-state index contributed by atoms with van der Waals surface area (Å²) in [5.74, 6) is 2.81. The van der Waals surface area contributed by atoms with Crippen LogP contribution in [-0.2, 0) is 6.42 Å². The lowest BCUT2D eigenvalue weighted by atomic mass is 9.84. The fourth-order valence-electron chi connectivity index (χ4n) is 5.04. The molecule has 3 heterocycles. The maximum absolute atomic E-state index is 12.8. The summed E-state index contributed by atoms with van der Waals surface area (Å²) in [6, 6.07) is 14.5. The number of nitrogens with zero attached hydrogens (tertiary/aromatic N) is 4. The lowest BCUT2D eigenvalue weighted by Crippen LogP contribution is -2.22. The van der Waals surface area contributed by atoms with Crippen molar-refractivity contribution in [1.82, 2.24) is 24.6 Å². The summed E-state index contributed by atoms with van der Waals surface area (Å²) in [5, 5.41) is 4.88. The number of nitrogens with one attached hydrogen (secondary N) is 1. The molecule has 1 saturated carbocycles. The highest BCUT2D eigenvalue weighted by molar-refractivity contribution is 5.60. The Balaban J connectivity index is 1.44. The number of hydrogen-bond donors (Lipinski definition) is 1. The predicted molar refractivity (Wildman–Crippen MR) is 121 cm³/mol. The van der Waals surface area contributed by atoms with Crippen LogP contribution in [0.15, 0.2) is 65.8 Å². The first kappa shape index (κ1) is 19.7. The molecule has 0 radical (unpaired) electrons. The first-order chi connectivity index (χ1) is 15.2. The average molecular weight is 414 g/mol. The summed E-state index contributed by atoms with van der Waals surface area (Å²) >= 11 is 0. The van der Waals surface area contributed by atoms with Crippen molar-refractivity contribution in [2.75, 3.05) is 0 Å². The van der Waals surface area contributed by atoms with E-state index in [0.29, 0.717) is 23.2 Å². The van der Waals surface area contributed by atoms with E-state index in [1.807, 2.05) is 12.1 Å². The second-order valence-corrected chi connectivity index (χ2v) is 8.76. The minimum atomic E-state index is -0.130. The molecule has 1 N–H and O–H groups in total. The molecule has 3 unspecified atom stereocenters. The largest absolute Gasteiger partial charge is 0.307 e. The fraction of sp³-hybridized carbons (Fsp3) is 0.360. The SMILES string of the molecule is CC1CC(Cc2ccccc2)CCCC1c1nn2c(-c3ccncc3)ncc2c(=O)[nH]1. The number of pyridine rings is 1. The summed E-state index contributed by atoms with van der Waals surface area (Å²) < 4.78 is 1.70. The van der Waals surface area contributed by atoms with Crippen molar-refractivity contribution in [2.24, 2.45) is 11.8 Å². The van der Waals surface area contributed by atoms with Crippen LogP contribution < -0.4 is 5.56 Å². The summed E-state index contributed by atoms with van der Waals surface area (Å²) in [6.07, 6.45) is 10.7. The minimum Gasteiger partial charge on any atom is -0.307 e. The van der Waals surface area contributed by atoms with E-state index in [-0.39, 0.29) is 11.5 Å². The van der Waals surface area contributed by atoms with Crippen molar-refractivity contribution in [3.63, 3.8) is 0 Å². The number of benzene rings is 1. The molecule has 1 fully saturated rings. The monoisotopic (exact) mass is 413 g/mol. The third-order valence-electron chi connectivity index (χ3n) is 6.60. The molecule has 3 atom stereocenters. The molecule has 0 bridgehead atoms. The van der Waals surface area contributed by atoms with Gasteiger partial charge in [0, 0.05) is 23.9 Å². The fourth-order valence-corrected chi connectivity index (χ4v) is 5.04. The molecular weight excluding hydrogens is 386 g/mol. The predicted octanol–water partition coefficient (Wildman–Crippen LogP) is 4.63. The van der Waals surface area contributed by atoms with Gasteiger partial charge >= 0.3 is 0 Å². The van der Waals surface area contributed by atoms with Gasteiger partial charge in [0.25, 0.3) is 5.56 Å². The summed E-state index contributed by atoms with van der Waals surface area (Å²) in [5.41, 5.74) is 2.65. The van der Waals surface area contributed by atoms with E-state index in [9.17, 15) is 4.79 Å². The van der Waals surface area contributed by atoms with Crippen LogP contribution in [0, 0.1) is 11.8 Å². The molecule has 31 heavy (non-hydrogen) atoms. The van der Waals surface area contributed by atoms with Crippen LogP contribution in [0.25, 0.3) is 16.9 Å². The van der Waals surface area contributed by atoms with Crippen molar-refractivity contribution in [3.8, 4) is 11.4 Å². The summed E-state index contributed by atoms with van der Waals surface area (Å²) in [6.45, 7) is 2.30. The zero-order chi connectivity index (χ0) is 21.2. The van der Waals surface area contributed by atoms with Gasteiger partial charge in [-0.2, -0.15) is 5.10 Å². The lowest BCUT2D eigenvalue weighted by molar-refractivity contribution is 0.359. The maximum atomic E-state index is 12.8. The molecule has 1 aromatic carbocycles. The van der Waals surface area contributed by atoms with Crippen molar-refractivity contribution in [2.45, 2.75) is 44.9 Å². The number of H-pyrrole nitrogens is 1. The second kappa shape index (κ2) is 8.46. The zero-order valence-corrected chi connectivity index (χ0v) is 17.7. The van der Waals surface area contributed by atoms with E-state index < -0.39 is 0 Å². The topological polar surface area (TPSA) is 75.9 Å². The van der Waals surface area contributed by atoms with Crippen LogP contribution in [0.3, 0.4) is 0 Å². The highest BCUT2D eigenvalue weighted by Gasteiger charge is 2.29. The number of fused-ring (bicyclic) bond motifs is 1. The Hall–Kier alpha value is -3.28. The molecule has 6 nitrogen and oxygen atoms in total. The van der Waals surface area contributed by atoms with E-state index in [2.05, 4.69) is 52.2 Å². The van der Waals surface area contributed by atoms with Gasteiger partial charge in [0.15, 0.2) is 11.3 Å². The first-order valence-corrected chi connectivity index (χ1v) is 11.1. The molecule has 1 aliphatic carbocycles. The molecule has 3 aromatic heterocycles. The van der Waals surface area contributed by atoms with E-state index in [1.54, 1.807) is 23.1 Å². The second-order valence-electron chi connectivity index (χ2n) is 8.76. The molecule has 4 aromatic rings. The van der Waals surface area contributed by atoms with Gasteiger partial charge in [-0.15, -0.1) is 0 Å². The van der Waals surface area contributed by atoms with Crippen molar-refractivity contribution in [1.29, 1.82) is 0 Å². The Morgan fingerprint density at radius 3 is 2.71 bits per heavy atom. The van der Waals surface area contributed by atoms with Gasteiger partial charge in [-0.05, 0) is 48.8 Å². The number of aromatic amines is 1. The standard InChI is InChI=1S/C25H27N5O/c1-17-14-19(15-18-6-3-2-4-7-18)8-5-9-21(17)23-28-25(31)22-16-27-24(30(22)29-23)20-10-12-26-13-11-20/h2-4,6-7,10-13,16-17,19,21H,5,8-9,14-15H2,1H3,(H,28,29,31). The highest BCUT2D eigenvalue weighted by atomic mass is 16.1. The molecule has 0 saturated heterocycles. The average Bonchev–Trinajstić information content (AvgIpc) is 3.13. The Bertz CT molecular complexity index is 1220.